The summed E-state index contributed by atoms with van der Waals surface area (Å²) in [5.41, 5.74) is 9.46. The predicted octanol–water partition coefficient (Wildman–Crippen LogP) is 3.06. The molecule has 0 fully saturated rings. The molecule has 1 aliphatic heterocycles. The van der Waals surface area contributed by atoms with Crippen LogP contribution in [0.3, 0.4) is 0 Å². The first-order chi connectivity index (χ1) is 15.3. The van der Waals surface area contributed by atoms with Gasteiger partial charge in [0.1, 0.15) is 17.6 Å². The summed E-state index contributed by atoms with van der Waals surface area (Å²) in [7, 11) is 0. The summed E-state index contributed by atoms with van der Waals surface area (Å²) in [4.78, 5) is 35.8. The van der Waals surface area contributed by atoms with E-state index in [1.54, 1.807) is 19.2 Å². The van der Waals surface area contributed by atoms with E-state index in [1.807, 2.05) is 23.1 Å². The van der Waals surface area contributed by atoms with Crippen LogP contribution < -0.4 is 10.6 Å². The van der Waals surface area contributed by atoms with Crippen LogP contribution in [0.4, 0.5) is 11.5 Å². The van der Waals surface area contributed by atoms with Crippen molar-refractivity contribution in [3.05, 3.63) is 65.9 Å². The van der Waals surface area contributed by atoms with Crippen molar-refractivity contribution >= 4 is 23.4 Å². The number of nitrogens with two attached hydrogens (primary N) is 1. The molecule has 0 radical (unpaired) electrons. The number of benzene rings is 1. The van der Waals surface area contributed by atoms with E-state index >= 15 is 0 Å². The number of nitrogen functional groups attached to an aromatic ring is 1. The lowest BCUT2D eigenvalue weighted by atomic mass is 9.93. The third kappa shape index (κ3) is 5.05. The molecular weight excluding hydrogens is 408 g/mol. The van der Waals surface area contributed by atoms with Gasteiger partial charge in [-0.3, -0.25) is 4.79 Å². The van der Waals surface area contributed by atoms with E-state index in [2.05, 4.69) is 27.9 Å². The second-order valence-electron chi connectivity index (χ2n) is 7.30. The zero-order chi connectivity index (χ0) is 23.3. The number of nitriles is 1. The number of aromatic carboxylic acids is 1. The number of nitrogens with zero attached hydrogens (tertiary/aromatic N) is 5. The quantitative estimate of drug-likeness (QED) is 0.630. The molecule has 0 unspecified atom stereocenters. The molecule has 0 spiro atoms. The van der Waals surface area contributed by atoms with Gasteiger partial charge in [-0.2, -0.15) is 5.26 Å². The molecule has 0 saturated carbocycles. The SMILES string of the molecule is CC(=O)N1c2ccc(-c3ccc(C(=O)O)nc3)cc2CC[C@@H]1C.N#Cc1cnc(N)cn1. The average molecular weight is 430 g/mol. The molecule has 0 aliphatic carbocycles. The Hall–Kier alpha value is -4.32. The Morgan fingerprint density at radius 3 is 2.44 bits per heavy atom. The first-order valence-corrected chi connectivity index (χ1v) is 9.90. The molecule has 3 N–H and O–H groups in total. The molecule has 9 nitrogen and oxygen atoms in total. The Morgan fingerprint density at radius 1 is 1.12 bits per heavy atom. The van der Waals surface area contributed by atoms with Crippen molar-refractivity contribution in [2.75, 3.05) is 10.6 Å². The van der Waals surface area contributed by atoms with Gasteiger partial charge in [0.15, 0.2) is 5.69 Å². The minimum atomic E-state index is -1.03. The number of aryl methyl sites for hydroxylation is 1. The number of rotatable bonds is 2. The number of fused-ring (bicyclic) bond motifs is 1. The first-order valence-electron chi connectivity index (χ1n) is 9.90. The zero-order valence-corrected chi connectivity index (χ0v) is 17.7. The Kier molecular flexibility index (Phi) is 6.75. The summed E-state index contributed by atoms with van der Waals surface area (Å²) < 4.78 is 0. The van der Waals surface area contributed by atoms with Crippen molar-refractivity contribution < 1.29 is 14.7 Å². The molecule has 1 aromatic carbocycles. The minimum Gasteiger partial charge on any atom is -0.477 e. The van der Waals surface area contributed by atoms with Gasteiger partial charge < -0.3 is 15.7 Å². The van der Waals surface area contributed by atoms with Gasteiger partial charge in [-0.05, 0) is 49.1 Å². The van der Waals surface area contributed by atoms with E-state index in [0.29, 0.717) is 5.82 Å². The largest absolute Gasteiger partial charge is 0.477 e. The Morgan fingerprint density at radius 2 is 1.88 bits per heavy atom. The Balaban J connectivity index is 0.000000269. The molecule has 9 heteroatoms. The highest BCUT2D eigenvalue weighted by Gasteiger charge is 2.26. The third-order valence-electron chi connectivity index (χ3n) is 5.05. The summed E-state index contributed by atoms with van der Waals surface area (Å²) in [5, 5.41) is 17.1. The van der Waals surface area contributed by atoms with E-state index in [-0.39, 0.29) is 23.3 Å². The molecular formula is C23H22N6O3. The van der Waals surface area contributed by atoms with Gasteiger partial charge in [0.25, 0.3) is 0 Å². The van der Waals surface area contributed by atoms with E-state index < -0.39 is 5.97 Å². The van der Waals surface area contributed by atoms with Crippen LogP contribution in [0.5, 0.6) is 0 Å². The van der Waals surface area contributed by atoms with Crippen molar-refractivity contribution in [1.29, 1.82) is 5.26 Å². The standard InChI is InChI=1S/C18H18N2O3.C5H4N4/c1-11-3-4-14-9-13(6-8-17(14)20(11)12(2)21)15-5-7-16(18(22)23)19-10-15;6-1-4-2-9-5(7)3-8-4/h5-11H,3-4H2,1-2H3,(H,22,23);2-3H,(H2,7,9)/t11-;/m0./s1. The lowest BCUT2D eigenvalue weighted by molar-refractivity contribution is -0.117. The molecule has 1 atom stereocenters. The number of hydrogen-bond acceptors (Lipinski definition) is 7. The smallest absolute Gasteiger partial charge is 0.354 e. The van der Waals surface area contributed by atoms with Crippen LogP contribution in [0, 0.1) is 11.3 Å². The van der Waals surface area contributed by atoms with Crippen molar-refractivity contribution in [2.45, 2.75) is 32.7 Å². The average Bonchev–Trinajstić information content (AvgIpc) is 2.79. The van der Waals surface area contributed by atoms with Crippen LogP contribution in [0.1, 0.15) is 42.0 Å². The van der Waals surface area contributed by atoms with E-state index in [0.717, 1.165) is 35.2 Å². The molecule has 0 bridgehead atoms. The summed E-state index contributed by atoms with van der Waals surface area (Å²) >= 11 is 0. The monoisotopic (exact) mass is 430 g/mol. The van der Waals surface area contributed by atoms with Gasteiger partial charge in [0.05, 0.1) is 12.4 Å². The van der Waals surface area contributed by atoms with Gasteiger partial charge in [-0.1, -0.05) is 12.1 Å². The number of carbonyl (C=O) groups excluding carboxylic acids is 1. The highest BCUT2D eigenvalue weighted by atomic mass is 16.4. The first kappa shape index (κ1) is 22.4. The van der Waals surface area contributed by atoms with Crippen molar-refractivity contribution in [2.24, 2.45) is 0 Å². The number of amides is 1. The Labute approximate surface area is 185 Å². The molecule has 3 heterocycles. The fourth-order valence-corrected chi connectivity index (χ4v) is 3.50. The van der Waals surface area contributed by atoms with Gasteiger partial charge in [-0.25, -0.2) is 19.7 Å². The molecule has 162 valence electrons. The number of carboxylic acid groups (broad SMARTS) is 1. The van der Waals surface area contributed by atoms with Crippen LogP contribution in [0.25, 0.3) is 11.1 Å². The second-order valence-corrected chi connectivity index (χ2v) is 7.30. The maximum atomic E-state index is 11.9. The predicted molar refractivity (Wildman–Crippen MR) is 119 cm³/mol. The number of aromatic nitrogens is 3. The number of pyridine rings is 1. The van der Waals surface area contributed by atoms with E-state index in [9.17, 15) is 9.59 Å². The van der Waals surface area contributed by atoms with Gasteiger partial charge in [-0.15, -0.1) is 0 Å². The summed E-state index contributed by atoms with van der Waals surface area (Å²) in [5.74, 6) is -0.652. The molecule has 0 saturated heterocycles. The normalized spacial score (nSPS) is 14.4. The van der Waals surface area contributed by atoms with Gasteiger partial charge >= 0.3 is 5.97 Å². The fourth-order valence-electron chi connectivity index (χ4n) is 3.50. The summed E-state index contributed by atoms with van der Waals surface area (Å²) in [6.07, 6.45) is 6.11. The van der Waals surface area contributed by atoms with Gasteiger partial charge in [0, 0.05) is 30.4 Å². The zero-order valence-electron chi connectivity index (χ0n) is 17.7. The number of hydrogen-bond donors (Lipinski definition) is 2. The molecule has 3 aromatic rings. The van der Waals surface area contributed by atoms with Crippen LogP contribution in [0.15, 0.2) is 48.9 Å². The van der Waals surface area contributed by atoms with E-state index in [1.165, 1.54) is 18.5 Å². The minimum absolute atomic E-state index is 0.0308. The second kappa shape index (κ2) is 9.66. The van der Waals surface area contributed by atoms with Crippen LogP contribution >= 0.6 is 0 Å². The van der Waals surface area contributed by atoms with Crippen LogP contribution in [-0.4, -0.2) is 38.0 Å². The van der Waals surface area contributed by atoms with Gasteiger partial charge in [0.2, 0.25) is 5.91 Å². The molecule has 1 aliphatic rings. The highest BCUT2D eigenvalue weighted by molar-refractivity contribution is 5.94. The van der Waals surface area contributed by atoms with Crippen LogP contribution in [0.2, 0.25) is 0 Å². The lowest BCUT2D eigenvalue weighted by Crippen LogP contribution is -2.40. The van der Waals surface area contributed by atoms with Crippen molar-refractivity contribution in [1.82, 2.24) is 15.0 Å². The van der Waals surface area contributed by atoms with Crippen molar-refractivity contribution in [3.8, 4) is 17.2 Å². The number of anilines is 2. The fraction of sp³-hybridized carbons (Fsp3) is 0.217. The number of carboxylic acids is 1. The molecule has 4 rings (SSSR count). The number of carbonyl (C=O) groups is 2. The topological polar surface area (TPSA) is 146 Å². The summed E-state index contributed by atoms with van der Waals surface area (Å²) in [6.45, 7) is 3.65. The Bertz CT molecular complexity index is 1170. The van der Waals surface area contributed by atoms with Crippen LogP contribution in [-0.2, 0) is 11.2 Å². The van der Waals surface area contributed by atoms with Crippen molar-refractivity contribution in [3.63, 3.8) is 0 Å². The van der Waals surface area contributed by atoms with E-state index in [4.69, 9.17) is 16.1 Å². The molecule has 1 amide bonds. The maximum absolute atomic E-state index is 11.9. The summed E-state index contributed by atoms with van der Waals surface area (Å²) in [6, 6.07) is 11.3. The lowest BCUT2D eigenvalue weighted by Gasteiger charge is -2.34. The maximum Gasteiger partial charge on any atom is 0.354 e. The molecule has 2 aromatic heterocycles. The highest BCUT2D eigenvalue weighted by Crippen LogP contribution is 2.34. The molecule has 32 heavy (non-hydrogen) atoms. The third-order valence-corrected chi connectivity index (χ3v) is 5.05.